The van der Waals surface area contributed by atoms with E-state index in [2.05, 4.69) is 16.8 Å². The van der Waals surface area contributed by atoms with Crippen molar-refractivity contribution in [3.63, 3.8) is 0 Å². The lowest BCUT2D eigenvalue weighted by atomic mass is 10.2. The van der Waals surface area contributed by atoms with Crippen LogP contribution in [0.1, 0.15) is 5.56 Å². The van der Waals surface area contributed by atoms with E-state index in [1.807, 2.05) is 30.3 Å². The quantitative estimate of drug-likeness (QED) is 0.456. The average molecular weight is 480 g/mol. The summed E-state index contributed by atoms with van der Waals surface area (Å²) in [6, 6.07) is 14.7. The Kier molecular flexibility index (Phi) is 7.66. The van der Waals surface area contributed by atoms with E-state index in [-0.39, 0.29) is 11.4 Å². The highest BCUT2D eigenvalue weighted by Crippen LogP contribution is 2.34. The maximum absolute atomic E-state index is 12.9. The summed E-state index contributed by atoms with van der Waals surface area (Å²) >= 11 is 0.804. The number of ether oxygens (including phenoxy) is 2. The van der Waals surface area contributed by atoms with E-state index in [9.17, 15) is 14.4 Å². The number of rotatable bonds is 8. The number of hydrogen-bond acceptors (Lipinski definition) is 7. The number of morpholine rings is 1. The van der Waals surface area contributed by atoms with Gasteiger partial charge in [-0.3, -0.25) is 19.3 Å². The second-order valence-electron chi connectivity index (χ2n) is 7.57. The number of nitrogens with zero attached hydrogens (tertiary/aromatic N) is 2. The Labute approximate surface area is 202 Å². The molecule has 2 aliphatic rings. The number of hydrogen-bond donors (Lipinski definition) is 1. The van der Waals surface area contributed by atoms with E-state index < -0.39 is 17.1 Å². The van der Waals surface area contributed by atoms with Gasteiger partial charge in [0.15, 0.2) is 0 Å². The molecule has 2 aromatic carbocycles. The lowest BCUT2D eigenvalue weighted by Crippen LogP contribution is -2.38. The summed E-state index contributed by atoms with van der Waals surface area (Å²) in [5.74, 6) is -0.379. The highest BCUT2D eigenvalue weighted by molar-refractivity contribution is 8.18. The number of carbonyl (C=O) groups excluding carboxylic acids is 3. The number of imide groups is 1. The van der Waals surface area contributed by atoms with Gasteiger partial charge >= 0.3 is 0 Å². The summed E-state index contributed by atoms with van der Waals surface area (Å²) in [6.07, 6.45) is 3.23. The second-order valence-corrected chi connectivity index (χ2v) is 8.56. The number of amides is 3. The van der Waals surface area contributed by atoms with Crippen molar-refractivity contribution >= 4 is 46.3 Å². The zero-order chi connectivity index (χ0) is 23.9. The van der Waals surface area contributed by atoms with Crippen molar-refractivity contribution in [2.75, 3.05) is 49.7 Å². The zero-order valence-electron chi connectivity index (χ0n) is 18.6. The monoisotopic (exact) mass is 479 g/mol. The third-order valence-electron chi connectivity index (χ3n) is 5.27. The van der Waals surface area contributed by atoms with Crippen LogP contribution in [0.2, 0.25) is 0 Å². The van der Waals surface area contributed by atoms with Crippen molar-refractivity contribution in [3.05, 3.63) is 71.7 Å². The number of para-hydroxylation sites is 3. The van der Waals surface area contributed by atoms with Crippen LogP contribution in [-0.2, 0) is 14.3 Å². The molecule has 0 unspecified atom stereocenters. The van der Waals surface area contributed by atoms with Gasteiger partial charge in [-0.15, -0.1) is 0 Å². The molecule has 4 rings (SSSR count). The van der Waals surface area contributed by atoms with Gasteiger partial charge < -0.3 is 19.7 Å². The zero-order valence-corrected chi connectivity index (χ0v) is 19.4. The summed E-state index contributed by atoms with van der Waals surface area (Å²) in [4.78, 5) is 41.5. The van der Waals surface area contributed by atoms with Crippen molar-refractivity contribution in [3.8, 4) is 5.75 Å². The van der Waals surface area contributed by atoms with E-state index in [1.165, 1.54) is 0 Å². The molecule has 0 aliphatic carbocycles. The number of thioether (sulfide) groups is 1. The van der Waals surface area contributed by atoms with Gasteiger partial charge in [-0.25, -0.2) is 0 Å². The van der Waals surface area contributed by atoms with Gasteiger partial charge in [-0.1, -0.05) is 43.0 Å². The van der Waals surface area contributed by atoms with Gasteiger partial charge in [0.05, 0.1) is 29.5 Å². The third-order valence-corrected chi connectivity index (χ3v) is 6.17. The van der Waals surface area contributed by atoms with Crippen molar-refractivity contribution in [2.45, 2.75) is 0 Å². The first-order valence-electron chi connectivity index (χ1n) is 10.9. The number of nitrogens with one attached hydrogen (secondary N) is 1. The van der Waals surface area contributed by atoms with Gasteiger partial charge in [0, 0.05) is 18.7 Å². The molecule has 3 amide bonds. The molecule has 8 nitrogen and oxygen atoms in total. The van der Waals surface area contributed by atoms with Crippen LogP contribution < -0.4 is 15.0 Å². The first-order valence-corrected chi connectivity index (χ1v) is 11.7. The van der Waals surface area contributed by atoms with Gasteiger partial charge in [0.1, 0.15) is 18.9 Å². The van der Waals surface area contributed by atoms with E-state index in [4.69, 9.17) is 9.47 Å². The van der Waals surface area contributed by atoms with Crippen molar-refractivity contribution in [1.82, 2.24) is 4.90 Å². The predicted octanol–water partition coefficient (Wildman–Crippen LogP) is 3.76. The molecule has 0 saturated carbocycles. The number of anilines is 2. The normalized spacial score (nSPS) is 17.2. The Morgan fingerprint density at radius 2 is 1.85 bits per heavy atom. The Bertz CT molecular complexity index is 1130. The van der Waals surface area contributed by atoms with Crippen LogP contribution in [-0.4, -0.2) is 61.4 Å². The molecule has 2 aliphatic heterocycles. The lowest BCUT2D eigenvalue weighted by molar-refractivity contribution is -0.127. The van der Waals surface area contributed by atoms with Gasteiger partial charge in [0.25, 0.3) is 11.1 Å². The SMILES string of the molecule is C=CCOc1ccccc1/C=C1\SC(=O)N(CC(=O)Nc2ccccc2N2CCOCC2)C1=O. The van der Waals surface area contributed by atoms with Crippen LogP contribution >= 0.6 is 11.8 Å². The smallest absolute Gasteiger partial charge is 0.294 e. The highest BCUT2D eigenvalue weighted by atomic mass is 32.2. The van der Waals surface area contributed by atoms with E-state index in [0.717, 1.165) is 35.4 Å². The van der Waals surface area contributed by atoms with Gasteiger partial charge in [-0.05, 0) is 36.0 Å². The molecule has 0 atom stereocenters. The Balaban J connectivity index is 1.45. The maximum Gasteiger partial charge on any atom is 0.294 e. The van der Waals surface area contributed by atoms with Crippen LogP contribution in [0.5, 0.6) is 5.75 Å². The summed E-state index contributed by atoms with van der Waals surface area (Å²) in [7, 11) is 0. The lowest BCUT2D eigenvalue weighted by Gasteiger charge is -2.30. The Morgan fingerprint density at radius 1 is 1.12 bits per heavy atom. The molecule has 2 heterocycles. The molecule has 1 N–H and O–H groups in total. The van der Waals surface area contributed by atoms with E-state index in [1.54, 1.807) is 30.4 Å². The molecular formula is C25H25N3O5S. The van der Waals surface area contributed by atoms with Crippen LogP contribution in [0, 0.1) is 0 Å². The van der Waals surface area contributed by atoms with Crippen molar-refractivity contribution < 1.29 is 23.9 Å². The second kappa shape index (κ2) is 11.0. The fourth-order valence-electron chi connectivity index (χ4n) is 3.65. The molecule has 0 bridgehead atoms. The standard InChI is InChI=1S/C25H25N3O5S/c1-2-13-33-21-10-6-3-7-18(21)16-22-24(30)28(25(31)34-22)17-23(29)26-19-8-4-5-9-20(19)27-11-14-32-15-12-27/h2-10,16H,1,11-15,17H2,(H,26,29)/b22-16-. The first-order chi connectivity index (χ1) is 16.6. The van der Waals surface area contributed by atoms with Crippen molar-refractivity contribution in [1.29, 1.82) is 0 Å². The largest absolute Gasteiger partial charge is 0.489 e. The molecule has 34 heavy (non-hydrogen) atoms. The Hall–Kier alpha value is -3.56. The summed E-state index contributed by atoms with van der Waals surface area (Å²) in [5.41, 5.74) is 2.17. The summed E-state index contributed by atoms with van der Waals surface area (Å²) in [6.45, 7) is 6.26. The number of carbonyl (C=O) groups is 3. The first kappa shape index (κ1) is 23.6. The molecule has 0 aromatic heterocycles. The molecule has 2 fully saturated rings. The highest BCUT2D eigenvalue weighted by Gasteiger charge is 2.36. The minimum absolute atomic E-state index is 0.237. The van der Waals surface area contributed by atoms with Gasteiger partial charge in [0.2, 0.25) is 5.91 Å². The van der Waals surface area contributed by atoms with Gasteiger partial charge in [-0.2, -0.15) is 0 Å². The third kappa shape index (κ3) is 5.49. The molecule has 2 aromatic rings. The minimum Gasteiger partial charge on any atom is -0.489 e. The molecule has 9 heteroatoms. The maximum atomic E-state index is 12.9. The molecule has 176 valence electrons. The van der Waals surface area contributed by atoms with Crippen molar-refractivity contribution in [2.24, 2.45) is 0 Å². The fraction of sp³-hybridized carbons (Fsp3) is 0.240. The van der Waals surface area contributed by atoms with Crippen LogP contribution in [0.4, 0.5) is 16.2 Å². The fourth-order valence-corrected chi connectivity index (χ4v) is 4.48. The van der Waals surface area contributed by atoms with Crippen LogP contribution in [0.3, 0.4) is 0 Å². The minimum atomic E-state index is -0.509. The number of benzene rings is 2. The summed E-state index contributed by atoms with van der Waals surface area (Å²) < 4.78 is 11.0. The molecular weight excluding hydrogens is 454 g/mol. The predicted molar refractivity (Wildman–Crippen MR) is 133 cm³/mol. The van der Waals surface area contributed by atoms with Crippen LogP contribution in [0.15, 0.2) is 66.1 Å². The average Bonchev–Trinajstić information content (AvgIpc) is 3.11. The molecule has 0 radical (unpaired) electrons. The van der Waals surface area contributed by atoms with E-state index in [0.29, 0.717) is 36.8 Å². The summed E-state index contributed by atoms with van der Waals surface area (Å²) in [5, 5.41) is 2.36. The molecule has 2 saturated heterocycles. The molecule has 0 spiro atoms. The topological polar surface area (TPSA) is 88.2 Å². The van der Waals surface area contributed by atoms with Crippen LogP contribution in [0.25, 0.3) is 6.08 Å². The Morgan fingerprint density at radius 3 is 2.65 bits per heavy atom. The van der Waals surface area contributed by atoms with E-state index >= 15 is 0 Å².